The Morgan fingerprint density at radius 2 is 1.97 bits per heavy atom. The van der Waals surface area contributed by atoms with Crippen LogP contribution in [0.2, 0.25) is 0 Å². The fourth-order valence-corrected chi connectivity index (χ4v) is 4.01. The van der Waals surface area contributed by atoms with E-state index in [1.807, 2.05) is 35.0 Å². The molecule has 0 bridgehead atoms. The molecule has 0 saturated carbocycles. The molecule has 0 aliphatic carbocycles. The average Bonchev–Trinajstić information content (AvgIpc) is 3.41. The highest BCUT2D eigenvalue weighted by Gasteiger charge is 2.32. The largest absolute Gasteiger partial charge is 0.461 e. The molecule has 9 heteroatoms. The zero-order chi connectivity index (χ0) is 22.1. The SMILES string of the molecule is CCOC(=O)c1nn(Cc2ccccc2)c2c1CN(C(=O)c1cc3ncccn3n1)CC2. The van der Waals surface area contributed by atoms with Gasteiger partial charge in [-0.05, 0) is 18.6 Å². The molecule has 4 aromatic rings. The molecular formula is C23H22N6O3. The second-order valence-corrected chi connectivity index (χ2v) is 7.57. The summed E-state index contributed by atoms with van der Waals surface area (Å²) >= 11 is 0. The van der Waals surface area contributed by atoms with Crippen LogP contribution in [0, 0.1) is 0 Å². The maximum Gasteiger partial charge on any atom is 0.359 e. The average molecular weight is 430 g/mol. The van der Waals surface area contributed by atoms with Gasteiger partial charge >= 0.3 is 5.97 Å². The number of carbonyl (C=O) groups excluding carboxylic acids is 2. The zero-order valence-electron chi connectivity index (χ0n) is 17.6. The Morgan fingerprint density at radius 3 is 2.75 bits per heavy atom. The third-order valence-electron chi connectivity index (χ3n) is 5.52. The van der Waals surface area contributed by atoms with E-state index in [4.69, 9.17) is 4.74 Å². The van der Waals surface area contributed by atoms with Crippen LogP contribution in [0.3, 0.4) is 0 Å². The van der Waals surface area contributed by atoms with Crippen LogP contribution in [0.4, 0.5) is 0 Å². The first-order chi connectivity index (χ1) is 15.6. The number of nitrogens with zero attached hydrogens (tertiary/aromatic N) is 6. The first-order valence-corrected chi connectivity index (χ1v) is 10.5. The summed E-state index contributed by atoms with van der Waals surface area (Å²) in [6.45, 7) is 3.36. The van der Waals surface area contributed by atoms with Crippen molar-refractivity contribution in [2.24, 2.45) is 0 Å². The van der Waals surface area contributed by atoms with Crippen LogP contribution in [-0.2, 0) is 24.2 Å². The molecule has 1 amide bonds. The summed E-state index contributed by atoms with van der Waals surface area (Å²) in [4.78, 5) is 31.7. The van der Waals surface area contributed by atoms with Crippen LogP contribution >= 0.6 is 0 Å². The van der Waals surface area contributed by atoms with Crippen LogP contribution in [0.1, 0.15) is 44.7 Å². The summed E-state index contributed by atoms with van der Waals surface area (Å²) in [7, 11) is 0. The lowest BCUT2D eigenvalue weighted by molar-refractivity contribution is 0.0513. The van der Waals surface area contributed by atoms with Crippen molar-refractivity contribution >= 4 is 17.5 Å². The van der Waals surface area contributed by atoms with Crippen molar-refractivity contribution in [2.45, 2.75) is 26.4 Å². The highest BCUT2D eigenvalue weighted by Crippen LogP contribution is 2.25. The first-order valence-electron chi connectivity index (χ1n) is 10.5. The van der Waals surface area contributed by atoms with Crippen molar-refractivity contribution in [1.82, 2.24) is 29.3 Å². The van der Waals surface area contributed by atoms with E-state index in [2.05, 4.69) is 15.2 Å². The molecule has 0 N–H and O–H groups in total. The van der Waals surface area contributed by atoms with Gasteiger partial charge in [-0.3, -0.25) is 9.48 Å². The molecule has 32 heavy (non-hydrogen) atoms. The van der Waals surface area contributed by atoms with Gasteiger partial charge in [-0.25, -0.2) is 14.3 Å². The maximum absolute atomic E-state index is 13.2. The van der Waals surface area contributed by atoms with Crippen molar-refractivity contribution in [3.63, 3.8) is 0 Å². The molecule has 0 fully saturated rings. The number of hydrogen-bond donors (Lipinski definition) is 0. The second kappa shape index (κ2) is 8.26. The third kappa shape index (κ3) is 3.62. The maximum atomic E-state index is 13.2. The molecule has 162 valence electrons. The number of ether oxygens (including phenoxy) is 1. The van der Waals surface area contributed by atoms with Crippen molar-refractivity contribution in [3.05, 3.63) is 83.1 Å². The number of rotatable bonds is 5. The molecule has 9 nitrogen and oxygen atoms in total. The van der Waals surface area contributed by atoms with Crippen molar-refractivity contribution in [2.75, 3.05) is 13.2 Å². The Labute approximate surface area is 184 Å². The van der Waals surface area contributed by atoms with Gasteiger partial charge < -0.3 is 9.64 Å². The van der Waals surface area contributed by atoms with Crippen LogP contribution in [-0.4, -0.2) is 54.3 Å². The van der Waals surface area contributed by atoms with Gasteiger partial charge in [0.2, 0.25) is 0 Å². The fraction of sp³-hybridized carbons (Fsp3) is 0.261. The molecule has 0 spiro atoms. The number of amides is 1. The van der Waals surface area contributed by atoms with E-state index in [9.17, 15) is 9.59 Å². The summed E-state index contributed by atoms with van der Waals surface area (Å²) in [6, 6.07) is 13.4. The van der Waals surface area contributed by atoms with Gasteiger partial charge in [0.1, 0.15) is 0 Å². The third-order valence-corrected chi connectivity index (χ3v) is 5.52. The number of aromatic nitrogens is 5. The van der Waals surface area contributed by atoms with E-state index in [1.54, 1.807) is 40.9 Å². The molecule has 1 aromatic carbocycles. The number of benzene rings is 1. The van der Waals surface area contributed by atoms with Gasteiger partial charge in [-0.2, -0.15) is 10.2 Å². The van der Waals surface area contributed by atoms with Gasteiger partial charge in [0.05, 0.1) is 19.7 Å². The molecule has 0 radical (unpaired) electrons. The summed E-state index contributed by atoms with van der Waals surface area (Å²) in [5.74, 6) is -0.673. The summed E-state index contributed by atoms with van der Waals surface area (Å²) < 4.78 is 8.66. The van der Waals surface area contributed by atoms with Crippen molar-refractivity contribution < 1.29 is 14.3 Å². The minimum atomic E-state index is -0.471. The molecule has 4 heterocycles. The number of fused-ring (bicyclic) bond motifs is 2. The lowest BCUT2D eigenvalue weighted by Gasteiger charge is -2.27. The van der Waals surface area contributed by atoms with Crippen molar-refractivity contribution in [1.29, 1.82) is 0 Å². The summed E-state index contributed by atoms with van der Waals surface area (Å²) in [5.41, 5.74) is 3.98. The normalized spacial score (nSPS) is 13.2. The minimum absolute atomic E-state index is 0.202. The highest BCUT2D eigenvalue weighted by molar-refractivity contribution is 5.94. The predicted octanol–water partition coefficient (Wildman–Crippen LogP) is 2.35. The van der Waals surface area contributed by atoms with Gasteiger partial charge in [-0.15, -0.1) is 0 Å². The van der Waals surface area contributed by atoms with Crippen molar-refractivity contribution in [3.8, 4) is 0 Å². The molecule has 0 atom stereocenters. The standard InChI is InChI=1S/C23H22N6O3/c1-2-32-23(31)21-17-15-27(22(30)18-13-20-24-10-6-11-28(20)25-18)12-9-19(17)29(26-21)14-16-7-4-3-5-8-16/h3-8,10-11,13H,2,9,12,14-15H2,1H3. The van der Waals surface area contributed by atoms with Gasteiger partial charge in [-0.1, -0.05) is 30.3 Å². The molecule has 3 aromatic heterocycles. The van der Waals surface area contributed by atoms with Gasteiger partial charge in [0.15, 0.2) is 17.0 Å². The van der Waals surface area contributed by atoms with E-state index >= 15 is 0 Å². The summed E-state index contributed by atoms with van der Waals surface area (Å²) in [6.07, 6.45) is 4.00. The molecule has 0 unspecified atom stereocenters. The Bertz CT molecular complexity index is 1260. The van der Waals surface area contributed by atoms with E-state index < -0.39 is 5.97 Å². The summed E-state index contributed by atoms with van der Waals surface area (Å²) in [5, 5.41) is 8.92. The van der Waals surface area contributed by atoms with Crippen LogP contribution in [0.15, 0.2) is 54.9 Å². The smallest absolute Gasteiger partial charge is 0.359 e. The van der Waals surface area contributed by atoms with Gasteiger partial charge in [0, 0.05) is 42.7 Å². The molecular weight excluding hydrogens is 408 g/mol. The highest BCUT2D eigenvalue weighted by atomic mass is 16.5. The fourth-order valence-electron chi connectivity index (χ4n) is 4.01. The first kappa shape index (κ1) is 19.9. The van der Waals surface area contributed by atoms with E-state index in [0.29, 0.717) is 30.9 Å². The van der Waals surface area contributed by atoms with E-state index in [-0.39, 0.29) is 24.8 Å². The van der Waals surface area contributed by atoms with Crippen LogP contribution < -0.4 is 0 Å². The number of esters is 1. The zero-order valence-corrected chi connectivity index (χ0v) is 17.6. The lowest BCUT2D eigenvalue weighted by atomic mass is 10.0. The Hall–Kier alpha value is -4.01. The molecule has 0 saturated heterocycles. The Balaban J connectivity index is 1.46. The van der Waals surface area contributed by atoms with E-state index in [0.717, 1.165) is 16.8 Å². The van der Waals surface area contributed by atoms with E-state index in [1.165, 1.54) is 0 Å². The Morgan fingerprint density at radius 1 is 1.12 bits per heavy atom. The quantitative estimate of drug-likeness (QED) is 0.451. The number of hydrogen-bond acceptors (Lipinski definition) is 6. The molecule has 1 aliphatic rings. The Kier molecular flexibility index (Phi) is 5.14. The number of carbonyl (C=O) groups is 2. The monoisotopic (exact) mass is 430 g/mol. The van der Waals surface area contributed by atoms with Crippen LogP contribution in [0.25, 0.3) is 5.65 Å². The molecule has 1 aliphatic heterocycles. The van der Waals surface area contributed by atoms with Crippen LogP contribution in [0.5, 0.6) is 0 Å². The second-order valence-electron chi connectivity index (χ2n) is 7.57. The topological polar surface area (TPSA) is 94.6 Å². The lowest BCUT2D eigenvalue weighted by Crippen LogP contribution is -2.37. The van der Waals surface area contributed by atoms with Gasteiger partial charge in [0.25, 0.3) is 5.91 Å². The minimum Gasteiger partial charge on any atom is -0.461 e. The molecule has 5 rings (SSSR count). The predicted molar refractivity (Wildman–Crippen MR) is 115 cm³/mol.